The zero-order valence-electron chi connectivity index (χ0n) is 16.8. The number of carbonyl (C=O) groups excluding carboxylic acids is 4. The smallest absolute Gasteiger partial charge is 0.338 e. The number of nitriles is 1. The highest BCUT2D eigenvalue weighted by Crippen LogP contribution is 2.24. The maximum atomic E-state index is 12.4. The number of hydrogen-bond donors (Lipinski definition) is 1. The van der Waals surface area contributed by atoms with Gasteiger partial charge in [-0.1, -0.05) is 19.9 Å². The molecule has 1 N–H and O–H groups in total. The molecule has 8 heteroatoms. The zero-order chi connectivity index (χ0) is 21.9. The summed E-state index contributed by atoms with van der Waals surface area (Å²) in [6.45, 7) is 10.1. The Labute approximate surface area is 169 Å². The number of ether oxygens (including phenoxy) is 1. The van der Waals surface area contributed by atoms with E-state index in [0.717, 1.165) is 4.90 Å². The highest BCUT2D eigenvalue weighted by atomic mass is 16.5. The first-order chi connectivity index (χ1) is 13.6. The molecule has 1 aromatic carbocycles. The molecule has 1 aliphatic rings. The monoisotopic (exact) mass is 397 g/mol. The number of esters is 1. The molecule has 152 valence electrons. The van der Waals surface area contributed by atoms with E-state index in [2.05, 4.69) is 11.9 Å². The summed E-state index contributed by atoms with van der Waals surface area (Å²) in [5.41, 5.74) is -0.773. The highest BCUT2D eigenvalue weighted by Gasteiger charge is 2.36. The van der Waals surface area contributed by atoms with Crippen LogP contribution >= 0.6 is 0 Å². The summed E-state index contributed by atoms with van der Waals surface area (Å²) in [5, 5.41) is 11.9. The number of benzene rings is 1. The molecule has 0 bridgehead atoms. The van der Waals surface area contributed by atoms with Gasteiger partial charge in [0.15, 0.2) is 6.10 Å². The van der Waals surface area contributed by atoms with E-state index < -0.39 is 35.3 Å². The van der Waals surface area contributed by atoms with Crippen molar-refractivity contribution in [3.63, 3.8) is 0 Å². The van der Waals surface area contributed by atoms with Crippen LogP contribution in [0.3, 0.4) is 0 Å². The molecule has 0 fully saturated rings. The Balaban J connectivity index is 2.14. The molecule has 1 heterocycles. The van der Waals surface area contributed by atoms with Crippen LogP contribution in [0.5, 0.6) is 0 Å². The lowest BCUT2D eigenvalue weighted by atomic mass is 9.90. The van der Waals surface area contributed by atoms with Gasteiger partial charge in [0.2, 0.25) is 0 Å². The van der Waals surface area contributed by atoms with Crippen molar-refractivity contribution in [1.82, 2.24) is 10.2 Å². The van der Waals surface area contributed by atoms with Crippen molar-refractivity contribution in [2.75, 3.05) is 6.54 Å². The Hall–Kier alpha value is -3.47. The summed E-state index contributed by atoms with van der Waals surface area (Å²) in [6.07, 6.45) is 0.278. The largest absolute Gasteiger partial charge is 0.449 e. The van der Waals surface area contributed by atoms with Crippen molar-refractivity contribution in [1.29, 1.82) is 5.26 Å². The third-order valence-corrected chi connectivity index (χ3v) is 4.94. The molecular weight excluding hydrogens is 374 g/mol. The van der Waals surface area contributed by atoms with Crippen LogP contribution in [0.15, 0.2) is 30.9 Å². The van der Waals surface area contributed by atoms with E-state index in [4.69, 9.17) is 4.74 Å². The molecule has 2 rings (SSSR count). The van der Waals surface area contributed by atoms with Crippen LogP contribution in [0.1, 0.15) is 58.8 Å². The van der Waals surface area contributed by atoms with Crippen molar-refractivity contribution in [3.8, 4) is 6.07 Å². The number of hydrogen-bond acceptors (Lipinski definition) is 6. The molecule has 2 atom stereocenters. The van der Waals surface area contributed by atoms with E-state index in [1.807, 2.05) is 6.07 Å². The fourth-order valence-electron chi connectivity index (χ4n) is 2.65. The molecule has 29 heavy (non-hydrogen) atoms. The van der Waals surface area contributed by atoms with E-state index in [9.17, 15) is 24.4 Å². The van der Waals surface area contributed by atoms with Crippen molar-refractivity contribution >= 4 is 23.7 Å². The number of imide groups is 1. The first-order valence-electron chi connectivity index (χ1n) is 9.11. The van der Waals surface area contributed by atoms with Crippen LogP contribution in [0.25, 0.3) is 0 Å². The van der Waals surface area contributed by atoms with Crippen molar-refractivity contribution in [2.45, 2.75) is 39.3 Å². The van der Waals surface area contributed by atoms with Gasteiger partial charge >= 0.3 is 5.97 Å². The van der Waals surface area contributed by atoms with Crippen molar-refractivity contribution in [3.05, 3.63) is 47.5 Å². The van der Waals surface area contributed by atoms with E-state index >= 15 is 0 Å². The van der Waals surface area contributed by atoms with Crippen molar-refractivity contribution < 1.29 is 23.9 Å². The second kappa shape index (κ2) is 8.27. The minimum atomic E-state index is -1.16. The SMILES string of the molecule is C=CCN1C(=O)c2ccc(C(=O)O[C@H](C)C(=O)N[C@](C)(C#N)C(C)C)cc2C1=O. The van der Waals surface area contributed by atoms with E-state index in [0.29, 0.717) is 0 Å². The lowest BCUT2D eigenvalue weighted by Gasteiger charge is -2.28. The Morgan fingerprint density at radius 1 is 1.28 bits per heavy atom. The maximum absolute atomic E-state index is 12.4. The average molecular weight is 397 g/mol. The molecular formula is C21H23N3O5. The Morgan fingerprint density at radius 2 is 1.90 bits per heavy atom. The second-order valence-electron chi connectivity index (χ2n) is 7.28. The lowest BCUT2D eigenvalue weighted by molar-refractivity contribution is -0.130. The molecule has 0 unspecified atom stereocenters. The summed E-state index contributed by atoms with van der Waals surface area (Å²) in [5.74, 6) is -2.56. The third kappa shape index (κ3) is 4.19. The van der Waals surface area contributed by atoms with Gasteiger partial charge in [-0.25, -0.2) is 4.79 Å². The zero-order valence-corrected chi connectivity index (χ0v) is 16.8. The topological polar surface area (TPSA) is 117 Å². The molecule has 0 aromatic heterocycles. The lowest BCUT2D eigenvalue weighted by Crippen LogP contribution is -2.52. The summed E-state index contributed by atoms with van der Waals surface area (Å²) < 4.78 is 5.18. The molecule has 1 aromatic rings. The van der Waals surface area contributed by atoms with Crippen LogP contribution in [0.2, 0.25) is 0 Å². The van der Waals surface area contributed by atoms with Gasteiger partial charge in [-0.15, -0.1) is 6.58 Å². The van der Waals surface area contributed by atoms with Gasteiger partial charge in [-0.2, -0.15) is 5.26 Å². The van der Waals surface area contributed by atoms with Gasteiger partial charge in [-0.05, 0) is 38.0 Å². The molecule has 0 saturated carbocycles. The summed E-state index contributed by atoms with van der Waals surface area (Å²) >= 11 is 0. The molecule has 8 nitrogen and oxygen atoms in total. The number of nitrogens with zero attached hydrogens (tertiary/aromatic N) is 2. The Kier molecular flexibility index (Phi) is 6.22. The highest BCUT2D eigenvalue weighted by molar-refractivity contribution is 6.22. The van der Waals surface area contributed by atoms with E-state index in [1.165, 1.54) is 31.2 Å². The van der Waals surface area contributed by atoms with Gasteiger partial charge in [0, 0.05) is 6.54 Å². The Morgan fingerprint density at radius 3 is 2.45 bits per heavy atom. The molecule has 3 amide bonds. The predicted molar refractivity (Wildman–Crippen MR) is 104 cm³/mol. The van der Waals surface area contributed by atoms with Gasteiger partial charge in [-0.3, -0.25) is 19.3 Å². The molecule has 0 saturated heterocycles. The first-order valence-corrected chi connectivity index (χ1v) is 9.11. The molecule has 1 aliphatic heterocycles. The maximum Gasteiger partial charge on any atom is 0.338 e. The molecule has 0 aliphatic carbocycles. The summed E-state index contributed by atoms with van der Waals surface area (Å²) in [4.78, 5) is 50.4. The number of nitrogens with one attached hydrogen (secondary N) is 1. The predicted octanol–water partition coefficient (Wildman–Crippen LogP) is 2.07. The fraction of sp³-hybridized carbons (Fsp3) is 0.381. The number of carbonyl (C=O) groups is 4. The summed E-state index contributed by atoms with van der Waals surface area (Å²) in [7, 11) is 0. The quantitative estimate of drug-likeness (QED) is 0.428. The minimum absolute atomic E-state index is 0.0388. The van der Waals surface area contributed by atoms with E-state index in [1.54, 1.807) is 20.8 Å². The van der Waals surface area contributed by atoms with Gasteiger partial charge in [0.25, 0.3) is 17.7 Å². The normalized spacial score (nSPS) is 15.9. The van der Waals surface area contributed by atoms with Gasteiger partial charge in [0.05, 0.1) is 22.8 Å². The van der Waals surface area contributed by atoms with Gasteiger partial charge in [0.1, 0.15) is 5.54 Å². The Bertz CT molecular complexity index is 931. The van der Waals surface area contributed by atoms with Crippen LogP contribution in [0.4, 0.5) is 0 Å². The summed E-state index contributed by atoms with van der Waals surface area (Å²) in [6, 6.07) is 6.07. The van der Waals surface area contributed by atoms with Gasteiger partial charge < -0.3 is 10.1 Å². The standard InChI is InChI=1S/C21H23N3O5/c1-6-9-24-18(26)15-8-7-14(10-16(15)19(24)27)20(28)29-13(4)17(25)23-21(5,11-22)12(2)3/h6-8,10,12-13H,1,9H2,2-5H3,(H,23,25)/t13-,21-/m1/s1. The van der Waals surface area contributed by atoms with Crippen LogP contribution in [0, 0.1) is 17.2 Å². The molecule has 0 spiro atoms. The average Bonchev–Trinajstić information content (AvgIpc) is 2.92. The fourth-order valence-corrected chi connectivity index (χ4v) is 2.65. The van der Waals surface area contributed by atoms with Crippen molar-refractivity contribution in [2.24, 2.45) is 5.92 Å². The number of fused-ring (bicyclic) bond motifs is 1. The number of amides is 3. The minimum Gasteiger partial charge on any atom is -0.449 e. The third-order valence-electron chi connectivity index (χ3n) is 4.94. The van der Waals surface area contributed by atoms with E-state index in [-0.39, 0.29) is 29.2 Å². The number of rotatable bonds is 7. The van der Waals surface area contributed by atoms with Crippen LogP contribution in [-0.4, -0.2) is 46.8 Å². The molecule has 0 radical (unpaired) electrons. The van der Waals surface area contributed by atoms with Crippen LogP contribution in [-0.2, 0) is 9.53 Å². The second-order valence-corrected chi connectivity index (χ2v) is 7.28. The first kappa shape index (κ1) is 21.8. The van der Waals surface area contributed by atoms with Crippen LogP contribution < -0.4 is 5.32 Å².